The number of aryl methyl sites for hydroxylation is 1. The van der Waals surface area contributed by atoms with E-state index in [1.54, 1.807) is 0 Å². The van der Waals surface area contributed by atoms with E-state index in [1.165, 1.54) is 11.1 Å². The summed E-state index contributed by atoms with van der Waals surface area (Å²) in [4.78, 5) is 24.9. The van der Waals surface area contributed by atoms with Crippen LogP contribution in [0.4, 0.5) is 9.59 Å². The average Bonchev–Trinajstić information content (AvgIpc) is 2.77. The number of fused-ring (bicyclic) bond motifs is 2. The molecule has 2 amide bonds. The van der Waals surface area contributed by atoms with E-state index < -0.39 is 12.2 Å². The molecule has 23 heavy (non-hydrogen) atoms. The van der Waals surface area contributed by atoms with E-state index in [4.69, 9.17) is 0 Å². The highest BCUT2D eigenvalue weighted by Gasteiger charge is 2.49. The lowest BCUT2D eigenvalue weighted by atomic mass is 10.0. The van der Waals surface area contributed by atoms with E-state index in [9.17, 15) is 19.8 Å². The molecule has 2 aliphatic heterocycles. The van der Waals surface area contributed by atoms with Crippen LogP contribution < -0.4 is 0 Å². The highest BCUT2D eigenvalue weighted by molar-refractivity contribution is 5.73. The van der Waals surface area contributed by atoms with Crippen LogP contribution in [0.3, 0.4) is 0 Å². The van der Waals surface area contributed by atoms with Crippen molar-refractivity contribution in [3.05, 3.63) is 35.4 Å². The Morgan fingerprint density at radius 2 is 1.57 bits per heavy atom. The number of nitrogens with zero attached hydrogens (tertiary/aromatic N) is 3. The molecule has 7 nitrogen and oxygen atoms in total. The Labute approximate surface area is 134 Å². The molecule has 2 saturated heterocycles. The first-order chi connectivity index (χ1) is 11.0. The smallest absolute Gasteiger partial charge is 0.426 e. The van der Waals surface area contributed by atoms with Gasteiger partial charge in [-0.1, -0.05) is 29.8 Å². The molecule has 1 aromatic rings. The van der Waals surface area contributed by atoms with Crippen LogP contribution in [0.5, 0.6) is 0 Å². The van der Waals surface area contributed by atoms with Gasteiger partial charge in [0.1, 0.15) is 0 Å². The van der Waals surface area contributed by atoms with E-state index in [0.29, 0.717) is 19.5 Å². The van der Waals surface area contributed by atoms with E-state index in [0.717, 1.165) is 23.0 Å². The molecule has 0 radical (unpaired) electrons. The molecule has 7 heteroatoms. The number of amides is 2. The minimum atomic E-state index is -1.19. The molecule has 3 rings (SSSR count). The first kappa shape index (κ1) is 15.6. The zero-order valence-corrected chi connectivity index (χ0v) is 13.1. The third-order valence-electron chi connectivity index (χ3n) is 4.64. The average molecular weight is 319 g/mol. The quantitative estimate of drug-likeness (QED) is 0.888. The van der Waals surface area contributed by atoms with Gasteiger partial charge in [0.05, 0.1) is 12.1 Å². The fraction of sp³-hybridized carbons (Fsp3) is 0.500. The lowest BCUT2D eigenvalue weighted by molar-refractivity contribution is 0.00905. The number of hydrogen-bond donors (Lipinski definition) is 2. The van der Waals surface area contributed by atoms with Gasteiger partial charge in [-0.3, -0.25) is 4.90 Å². The number of hydrazine groups is 1. The molecular weight excluding hydrogens is 298 g/mol. The maximum Gasteiger partial charge on any atom is 0.426 e. The van der Waals surface area contributed by atoms with Crippen LogP contribution in [-0.4, -0.2) is 69.0 Å². The summed E-state index contributed by atoms with van der Waals surface area (Å²) in [5.41, 5.74) is 2.46. The Balaban J connectivity index is 1.65. The number of carboxylic acid groups (broad SMARTS) is 2. The Kier molecular flexibility index (Phi) is 4.12. The summed E-state index contributed by atoms with van der Waals surface area (Å²) in [6, 6.07) is 7.80. The Morgan fingerprint density at radius 3 is 2.04 bits per heavy atom. The lowest BCUT2D eigenvalue weighted by Gasteiger charge is -2.30. The summed E-state index contributed by atoms with van der Waals surface area (Å²) < 4.78 is 0. The van der Waals surface area contributed by atoms with Crippen molar-refractivity contribution in [2.75, 3.05) is 19.6 Å². The van der Waals surface area contributed by atoms with Crippen molar-refractivity contribution in [3.63, 3.8) is 0 Å². The summed E-state index contributed by atoms with van der Waals surface area (Å²) in [7, 11) is 0. The van der Waals surface area contributed by atoms with Crippen molar-refractivity contribution in [1.29, 1.82) is 0 Å². The molecule has 2 N–H and O–H groups in total. The van der Waals surface area contributed by atoms with Crippen LogP contribution in [0, 0.1) is 6.92 Å². The topological polar surface area (TPSA) is 84.3 Å². The van der Waals surface area contributed by atoms with Gasteiger partial charge < -0.3 is 10.2 Å². The molecule has 124 valence electrons. The molecule has 2 bridgehead atoms. The molecule has 2 aliphatic rings. The summed E-state index contributed by atoms with van der Waals surface area (Å²) >= 11 is 0. The van der Waals surface area contributed by atoms with Gasteiger partial charge in [-0.25, -0.2) is 19.6 Å². The van der Waals surface area contributed by atoms with Gasteiger partial charge >= 0.3 is 12.2 Å². The second kappa shape index (κ2) is 6.08. The largest absolute Gasteiger partial charge is 0.464 e. The van der Waals surface area contributed by atoms with Crippen molar-refractivity contribution in [3.8, 4) is 0 Å². The fourth-order valence-electron chi connectivity index (χ4n) is 3.56. The molecule has 0 saturated carbocycles. The predicted molar refractivity (Wildman–Crippen MR) is 83.2 cm³/mol. The SMILES string of the molecule is Cc1ccc(CCN2CC3CC(C2)N(C(=O)O)N3C(=O)O)cc1. The standard InChI is InChI=1S/C16H21N3O4/c1-11-2-4-12(5-3-11)6-7-17-9-13-8-14(10-17)19(16(22)23)18(13)15(20)21/h2-5,13-14H,6-10H2,1H3,(H,20,21)(H,22,23). The number of benzene rings is 1. The minimum Gasteiger partial charge on any atom is -0.464 e. The van der Waals surface area contributed by atoms with E-state index >= 15 is 0 Å². The molecule has 0 aromatic heterocycles. The van der Waals surface area contributed by atoms with Crippen molar-refractivity contribution >= 4 is 12.2 Å². The molecule has 0 spiro atoms. The Bertz CT molecular complexity index is 576. The van der Waals surface area contributed by atoms with Crippen LogP contribution in [0.25, 0.3) is 0 Å². The zero-order chi connectivity index (χ0) is 16.6. The fourth-order valence-corrected chi connectivity index (χ4v) is 3.56. The molecule has 2 unspecified atom stereocenters. The molecule has 1 aromatic carbocycles. The van der Waals surface area contributed by atoms with E-state index in [1.807, 2.05) is 6.92 Å². The lowest BCUT2D eigenvalue weighted by Crippen LogP contribution is -2.49. The summed E-state index contributed by atoms with van der Waals surface area (Å²) in [5.74, 6) is 0. The number of piperidine rings is 1. The predicted octanol–water partition coefficient (Wildman–Crippen LogP) is 1.87. The van der Waals surface area contributed by atoms with Gasteiger partial charge in [-0.05, 0) is 25.3 Å². The zero-order valence-electron chi connectivity index (χ0n) is 13.1. The molecule has 0 aliphatic carbocycles. The van der Waals surface area contributed by atoms with Crippen molar-refractivity contribution in [2.45, 2.75) is 31.8 Å². The van der Waals surface area contributed by atoms with Gasteiger partial charge in [-0.2, -0.15) is 0 Å². The van der Waals surface area contributed by atoms with E-state index in [2.05, 4.69) is 29.2 Å². The van der Waals surface area contributed by atoms with Gasteiger partial charge in [0.25, 0.3) is 0 Å². The van der Waals surface area contributed by atoms with Gasteiger partial charge in [0, 0.05) is 19.6 Å². The maximum atomic E-state index is 11.4. The van der Waals surface area contributed by atoms with Gasteiger partial charge in [-0.15, -0.1) is 0 Å². The second-order valence-electron chi connectivity index (χ2n) is 6.29. The maximum absolute atomic E-state index is 11.4. The normalized spacial score (nSPS) is 24.0. The monoisotopic (exact) mass is 319 g/mol. The van der Waals surface area contributed by atoms with Gasteiger partial charge in [0.2, 0.25) is 0 Å². The third-order valence-corrected chi connectivity index (χ3v) is 4.64. The molecular formula is C16H21N3O4. The first-order valence-corrected chi connectivity index (χ1v) is 7.78. The number of rotatable bonds is 3. The minimum absolute atomic E-state index is 0.277. The number of likely N-dealkylation sites (tertiary alicyclic amines) is 1. The number of hydrogen-bond acceptors (Lipinski definition) is 3. The highest BCUT2D eigenvalue weighted by Crippen LogP contribution is 2.30. The van der Waals surface area contributed by atoms with Crippen molar-refractivity contribution in [2.24, 2.45) is 0 Å². The molecule has 2 atom stereocenters. The summed E-state index contributed by atoms with van der Waals surface area (Å²) in [6.07, 6.45) is -0.931. The number of carbonyl (C=O) groups is 2. The Hall–Kier alpha value is -2.28. The third kappa shape index (κ3) is 3.10. The summed E-state index contributed by atoms with van der Waals surface area (Å²) in [5, 5.41) is 20.6. The first-order valence-electron chi connectivity index (χ1n) is 7.78. The van der Waals surface area contributed by atoms with Crippen LogP contribution in [0.15, 0.2) is 24.3 Å². The van der Waals surface area contributed by atoms with Crippen LogP contribution in [-0.2, 0) is 6.42 Å². The molecule has 2 heterocycles. The summed E-state index contributed by atoms with van der Waals surface area (Å²) in [6.45, 7) is 4.01. The van der Waals surface area contributed by atoms with Crippen LogP contribution in [0.2, 0.25) is 0 Å². The van der Waals surface area contributed by atoms with Gasteiger partial charge in [0.15, 0.2) is 0 Å². The second-order valence-corrected chi connectivity index (χ2v) is 6.29. The van der Waals surface area contributed by atoms with Crippen molar-refractivity contribution < 1.29 is 19.8 Å². The Morgan fingerprint density at radius 1 is 1.04 bits per heavy atom. The van der Waals surface area contributed by atoms with E-state index in [-0.39, 0.29) is 12.1 Å². The van der Waals surface area contributed by atoms with Crippen LogP contribution >= 0.6 is 0 Å². The molecule has 2 fully saturated rings. The van der Waals surface area contributed by atoms with Crippen LogP contribution in [0.1, 0.15) is 17.5 Å². The van der Waals surface area contributed by atoms with Crippen molar-refractivity contribution in [1.82, 2.24) is 14.9 Å². The highest BCUT2D eigenvalue weighted by atomic mass is 16.4.